The van der Waals surface area contributed by atoms with Crippen LogP contribution < -0.4 is 0 Å². The van der Waals surface area contributed by atoms with E-state index in [4.69, 9.17) is 0 Å². The Labute approximate surface area is 98.7 Å². The molecule has 1 unspecified atom stereocenters. The average molecular weight is 224 g/mol. The van der Waals surface area contributed by atoms with Gasteiger partial charge in [0.1, 0.15) is 0 Å². The molecule has 1 atom stereocenters. The molecule has 0 aromatic heterocycles. The van der Waals surface area contributed by atoms with Gasteiger partial charge in [0.05, 0.1) is 5.92 Å². The van der Waals surface area contributed by atoms with E-state index in [0.717, 1.165) is 44.9 Å². The van der Waals surface area contributed by atoms with Gasteiger partial charge in [-0.2, -0.15) is 0 Å². The molecule has 0 amide bonds. The standard InChI is InChI=1S/C14H24O2/c1-2-3-4-5-6-11-13(14(15)16)12-9-7-8-10-12/h2,12-13H,1,3-11H2,(H,15,16). The van der Waals surface area contributed by atoms with Gasteiger partial charge in [-0.25, -0.2) is 0 Å². The third kappa shape index (κ3) is 4.38. The van der Waals surface area contributed by atoms with E-state index in [1.807, 2.05) is 6.08 Å². The summed E-state index contributed by atoms with van der Waals surface area (Å²) in [5, 5.41) is 9.22. The van der Waals surface area contributed by atoms with E-state index in [0.29, 0.717) is 5.92 Å². The maximum Gasteiger partial charge on any atom is 0.306 e. The highest BCUT2D eigenvalue weighted by Gasteiger charge is 2.29. The van der Waals surface area contributed by atoms with Crippen molar-refractivity contribution in [2.45, 2.75) is 57.8 Å². The first-order chi connectivity index (χ1) is 7.75. The van der Waals surface area contributed by atoms with Crippen molar-refractivity contribution in [2.75, 3.05) is 0 Å². The van der Waals surface area contributed by atoms with E-state index in [2.05, 4.69) is 6.58 Å². The average Bonchev–Trinajstić information content (AvgIpc) is 2.76. The molecule has 2 nitrogen and oxygen atoms in total. The second kappa shape index (κ2) is 7.48. The van der Waals surface area contributed by atoms with Crippen LogP contribution in [0.25, 0.3) is 0 Å². The van der Waals surface area contributed by atoms with Crippen molar-refractivity contribution in [3.8, 4) is 0 Å². The Kier molecular flexibility index (Phi) is 6.20. The summed E-state index contributed by atoms with van der Waals surface area (Å²) in [5.41, 5.74) is 0. The summed E-state index contributed by atoms with van der Waals surface area (Å²) in [7, 11) is 0. The Morgan fingerprint density at radius 2 is 2.00 bits per heavy atom. The fourth-order valence-corrected chi connectivity index (χ4v) is 2.75. The van der Waals surface area contributed by atoms with E-state index >= 15 is 0 Å². The Hall–Kier alpha value is -0.790. The predicted molar refractivity (Wildman–Crippen MR) is 66.4 cm³/mol. The van der Waals surface area contributed by atoms with Crippen LogP contribution in [0.1, 0.15) is 57.8 Å². The zero-order valence-electron chi connectivity index (χ0n) is 10.2. The molecule has 1 N–H and O–H groups in total. The molecule has 92 valence electrons. The van der Waals surface area contributed by atoms with Crippen molar-refractivity contribution >= 4 is 5.97 Å². The second-order valence-electron chi connectivity index (χ2n) is 4.92. The largest absolute Gasteiger partial charge is 0.481 e. The lowest BCUT2D eigenvalue weighted by Gasteiger charge is -2.18. The molecule has 1 fully saturated rings. The molecule has 16 heavy (non-hydrogen) atoms. The third-order valence-corrected chi connectivity index (χ3v) is 3.71. The van der Waals surface area contributed by atoms with Gasteiger partial charge in [0.15, 0.2) is 0 Å². The summed E-state index contributed by atoms with van der Waals surface area (Å²) in [6, 6.07) is 0. The van der Waals surface area contributed by atoms with E-state index in [9.17, 15) is 9.90 Å². The van der Waals surface area contributed by atoms with Crippen LogP contribution in [-0.4, -0.2) is 11.1 Å². The molecule has 1 saturated carbocycles. The van der Waals surface area contributed by atoms with E-state index in [-0.39, 0.29) is 5.92 Å². The van der Waals surface area contributed by atoms with Crippen molar-refractivity contribution in [1.82, 2.24) is 0 Å². The minimum atomic E-state index is -0.573. The molecule has 1 rings (SSSR count). The quantitative estimate of drug-likeness (QED) is 0.499. The highest BCUT2D eigenvalue weighted by molar-refractivity contribution is 5.70. The second-order valence-corrected chi connectivity index (χ2v) is 4.92. The Morgan fingerprint density at radius 3 is 2.56 bits per heavy atom. The van der Waals surface area contributed by atoms with Crippen LogP contribution in [0, 0.1) is 11.8 Å². The van der Waals surface area contributed by atoms with Crippen LogP contribution >= 0.6 is 0 Å². The fraction of sp³-hybridized carbons (Fsp3) is 0.786. The fourth-order valence-electron chi connectivity index (χ4n) is 2.75. The van der Waals surface area contributed by atoms with Gasteiger partial charge < -0.3 is 5.11 Å². The van der Waals surface area contributed by atoms with Crippen LogP contribution in [-0.2, 0) is 4.79 Å². The van der Waals surface area contributed by atoms with Crippen LogP contribution in [0.15, 0.2) is 12.7 Å². The van der Waals surface area contributed by atoms with E-state index < -0.39 is 5.97 Å². The molecule has 2 heteroatoms. The minimum absolute atomic E-state index is 0.0776. The summed E-state index contributed by atoms with van der Waals surface area (Å²) in [6.45, 7) is 3.69. The first-order valence-corrected chi connectivity index (χ1v) is 6.59. The number of carboxylic acid groups (broad SMARTS) is 1. The minimum Gasteiger partial charge on any atom is -0.481 e. The Bertz CT molecular complexity index is 217. The van der Waals surface area contributed by atoms with Gasteiger partial charge >= 0.3 is 5.97 Å². The number of aliphatic carboxylic acids is 1. The lowest BCUT2D eigenvalue weighted by Crippen LogP contribution is -2.21. The van der Waals surface area contributed by atoms with E-state index in [1.165, 1.54) is 12.8 Å². The highest BCUT2D eigenvalue weighted by atomic mass is 16.4. The van der Waals surface area contributed by atoms with Crippen molar-refractivity contribution in [1.29, 1.82) is 0 Å². The van der Waals surface area contributed by atoms with Crippen molar-refractivity contribution in [3.05, 3.63) is 12.7 Å². The molecule has 0 heterocycles. The number of hydrogen-bond donors (Lipinski definition) is 1. The number of carboxylic acids is 1. The third-order valence-electron chi connectivity index (χ3n) is 3.71. The molecular formula is C14H24O2. The molecule has 0 bridgehead atoms. The lowest BCUT2D eigenvalue weighted by molar-refractivity contribution is -0.144. The van der Waals surface area contributed by atoms with Crippen LogP contribution in [0.5, 0.6) is 0 Å². The predicted octanol–water partition coefficient (Wildman–Crippen LogP) is 4.01. The SMILES string of the molecule is C=CCCCCCC(C(=O)O)C1CCCC1. The van der Waals surface area contributed by atoms with Crippen LogP contribution in [0.2, 0.25) is 0 Å². The highest BCUT2D eigenvalue weighted by Crippen LogP contribution is 2.34. The van der Waals surface area contributed by atoms with E-state index in [1.54, 1.807) is 0 Å². The molecule has 0 radical (unpaired) electrons. The van der Waals surface area contributed by atoms with Gasteiger partial charge in [-0.15, -0.1) is 6.58 Å². The maximum atomic E-state index is 11.2. The summed E-state index contributed by atoms with van der Waals surface area (Å²) < 4.78 is 0. The monoisotopic (exact) mass is 224 g/mol. The van der Waals surface area contributed by atoms with Gasteiger partial charge in [0, 0.05) is 0 Å². The first kappa shape index (κ1) is 13.3. The topological polar surface area (TPSA) is 37.3 Å². The normalized spacial score (nSPS) is 18.5. The zero-order valence-corrected chi connectivity index (χ0v) is 10.2. The Morgan fingerprint density at radius 1 is 1.31 bits per heavy atom. The van der Waals surface area contributed by atoms with Crippen molar-refractivity contribution < 1.29 is 9.90 Å². The van der Waals surface area contributed by atoms with Gasteiger partial charge in [0.2, 0.25) is 0 Å². The zero-order chi connectivity index (χ0) is 11.8. The summed E-state index contributed by atoms with van der Waals surface area (Å²) in [5.74, 6) is -0.196. The van der Waals surface area contributed by atoms with Gasteiger partial charge in [-0.1, -0.05) is 31.8 Å². The smallest absolute Gasteiger partial charge is 0.306 e. The molecule has 0 aliphatic heterocycles. The Balaban J connectivity index is 2.22. The van der Waals surface area contributed by atoms with Gasteiger partial charge in [-0.05, 0) is 38.0 Å². The number of allylic oxidation sites excluding steroid dienone is 1. The van der Waals surface area contributed by atoms with Crippen LogP contribution in [0.4, 0.5) is 0 Å². The summed E-state index contributed by atoms with van der Waals surface area (Å²) >= 11 is 0. The van der Waals surface area contributed by atoms with Gasteiger partial charge in [-0.3, -0.25) is 4.79 Å². The number of carbonyl (C=O) groups is 1. The number of hydrogen-bond acceptors (Lipinski definition) is 1. The molecule has 0 spiro atoms. The maximum absolute atomic E-state index is 11.2. The molecule has 0 aromatic carbocycles. The van der Waals surface area contributed by atoms with Crippen molar-refractivity contribution in [3.63, 3.8) is 0 Å². The summed E-state index contributed by atoms with van der Waals surface area (Å²) in [6.07, 6.45) is 11.9. The van der Waals surface area contributed by atoms with Gasteiger partial charge in [0.25, 0.3) is 0 Å². The molecule has 1 aliphatic rings. The number of unbranched alkanes of at least 4 members (excludes halogenated alkanes) is 3. The lowest BCUT2D eigenvalue weighted by atomic mass is 9.86. The molecule has 0 aromatic rings. The summed E-state index contributed by atoms with van der Waals surface area (Å²) in [4.78, 5) is 11.2. The first-order valence-electron chi connectivity index (χ1n) is 6.59. The molecule has 1 aliphatic carbocycles. The van der Waals surface area contributed by atoms with Crippen LogP contribution in [0.3, 0.4) is 0 Å². The van der Waals surface area contributed by atoms with Crippen molar-refractivity contribution in [2.24, 2.45) is 11.8 Å². The molecular weight excluding hydrogens is 200 g/mol. The molecule has 0 saturated heterocycles. The number of rotatable bonds is 8.